The minimum atomic E-state index is -0.681. The lowest BCUT2D eigenvalue weighted by molar-refractivity contribution is -0.113. The van der Waals surface area contributed by atoms with Crippen molar-refractivity contribution in [3.05, 3.63) is 40.3 Å². The predicted octanol–water partition coefficient (Wildman–Crippen LogP) is 2.96. The number of hydrogen-bond acceptors (Lipinski definition) is 9. The third-order valence-corrected chi connectivity index (χ3v) is 6.92. The van der Waals surface area contributed by atoms with E-state index in [4.69, 9.17) is 15.2 Å². The second-order valence-electron chi connectivity index (χ2n) is 6.73. The number of aromatic nitrogens is 3. The molecule has 0 saturated carbocycles. The van der Waals surface area contributed by atoms with Crippen molar-refractivity contribution in [2.75, 3.05) is 25.3 Å². The van der Waals surface area contributed by atoms with Crippen molar-refractivity contribution in [1.29, 1.82) is 0 Å². The van der Waals surface area contributed by atoms with Crippen molar-refractivity contribution < 1.29 is 23.9 Å². The van der Waals surface area contributed by atoms with E-state index in [1.54, 1.807) is 14.0 Å². The Morgan fingerprint density at radius 3 is 2.45 bits per heavy atom. The second kappa shape index (κ2) is 10.5. The third-order valence-electron chi connectivity index (χ3n) is 4.73. The van der Waals surface area contributed by atoms with Crippen molar-refractivity contribution in [2.45, 2.75) is 25.5 Å². The van der Waals surface area contributed by atoms with Crippen LogP contribution in [0.15, 0.2) is 29.4 Å². The van der Waals surface area contributed by atoms with Gasteiger partial charge < -0.3 is 25.1 Å². The Hall–Kier alpha value is -3.38. The smallest absolute Gasteiger partial charge is 0.341 e. The van der Waals surface area contributed by atoms with E-state index in [0.717, 1.165) is 22.6 Å². The summed E-state index contributed by atoms with van der Waals surface area (Å²) in [6.45, 7) is 4.15. The highest BCUT2D eigenvalue weighted by Gasteiger charge is 2.25. The molecule has 0 aliphatic rings. The van der Waals surface area contributed by atoms with Crippen LogP contribution in [0.4, 0.5) is 5.00 Å². The molecular formula is C21H23N5O5S2. The van der Waals surface area contributed by atoms with E-state index < -0.39 is 11.9 Å². The largest absolute Gasteiger partial charge is 0.497 e. The van der Waals surface area contributed by atoms with Crippen LogP contribution in [-0.2, 0) is 16.1 Å². The Morgan fingerprint density at radius 1 is 1.18 bits per heavy atom. The lowest BCUT2D eigenvalue weighted by Gasteiger charge is -2.08. The maximum atomic E-state index is 12.6. The molecule has 0 bridgehead atoms. The van der Waals surface area contributed by atoms with Gasteiger partial charge in [-0.25, -0.2) is 4.79 Å². The highest BCUT2D eigenvalue weighted by molar-refractivity contribution is 7.99. The summed E-state index contributed by atoms with van der Waals surface area (Å²) < 4.78 is 11.9. The number of thioether (sulfide) groups is 1. The minimum Gasteiger partial charge on any atom is -0.497 e. The molecule has 0 aliphatic carbocycles. The van der Waals surface area contributed by atoms with Crippen LogP contribution in [-0.4, -0.2) is 52.5 Å². The zero-order valence-corrected chi connectivity index (χ0v) is 20.1. The first-order valence-corrected chi connectivity index (χ1v) is 11.6. The number of carbonyl (C=O) groups is 3. The van der Waals surface area contributed by atoms with Gasteiger partial charge in [-0.3, -0.25) is 9.59 Å². The number of anilines is 1. The van der Waals surface area contributed by atoms with Gasteiger partial charge >= 0.3 is 5.97 Å². The second-order valence-corrected chi connectivity index (χ2v) is 8.70. The fourth-order valence-electron chi connectivity index (χ4n) is 3.11. The number of benzene rings is 1. The average Bonchev–Trinajstić information content (AvgIpc) is 3.37. The molecule has 10 nitrogen and oxygen atoms in total. The van der Waals surface area contributed by atoms with E-state index in [2.05, 4.69) is 15.5 Å². The first kappa shape index (κ1) is 24.3. The molecule has 33 heavy (non-hydrogen) atoms. The van der Waals surface area contributed by atoms with Crippen LogP contribution < -0.4 is 15.8 Å². The van der Waals surface area contributed by atoms with Gasteiger partial charge in [0.25, 0.3) is 5.91 Å². The molecule has 0 fully saturated rings. The Bertz CT molecular complexity index is 1190. The van der Waals surface area contributed by atoms with E-state index in [-0.39, 0.29) is 27.1 Å². The van der Waals surface area contributed by atoms with Crippen molar-refractivity contribution in [1.82, 2.24) is 14.8 Å². The normalized spacial score (nSPS) is 10.7. The van der Waals surface area contributed by atoms with Gasteiger partial charge in [-0.1, -0.05) is 11.8 Å². The van der Waals surface area contributed by atoms with Gasteiger partial charge in [0.1, 0.15) is 10.8 Å². The van der Waals surface area contributed by atoms with Crippen LogP contribution in [0.2, 0.25) is 0 Å². The molecule has 0 atom stereocenters. The zero-order chi connectivity index (χ0) is 24.1. The topological polar surface area (TPSA) is 138 Å². The quantitative estimate of drug-likeness (QED) is 0.346. The summed E-state index contributed by atoms with van der Waals surface area (Å²) >= 11 is 2.15. The molecule has 3 N–H and O–H groups in total. The number of rotatable bonds is 9. The van der Waals surface area contributed by atoms with Gasteiger partial charge in [0.15, 0.2) is 11.0 Å². The van der Waals surface area contributed by atoms with Crippen LogP contribution in [0.25, 0.3) is 11.4 Å². The highest BCUT2D eigenvalue weighted by Crippen LogP contribution is 2.34. The van der Waals surface area contributed by atoms with Crippen LogP contribution in [0.5, 0.6) is 5.75 Å². The fourth-order valence-corrected chi connectivity index (χ4v) is 4.98. The van der Waals surface area contributed by atoms with Crippen LogP contribution in [0.3, 0.4) is 0 Å². The summed E-state index contributed by atoms with van der Waals surface area (Å²) in [5, 5.41) is 12.0. The number of amides is 2. The van der Waals surface area contributed by atoms with Gasteiger partial charge in [0.2, 0.25) is 5.91 Å². The van der Waals surface area contributed by atoms with Crippen LogP contribution in [0.1, 0.15) is 32.5 Å². The van der Waals surface area contributed by atoms with Gasteiger partial charge in [-0.15, -0.1) is 21.5 Å². The molecular weight excluding hydrogens is 466 g/mol. The van der Waals surface area contributed by atoms with Crippen LogP contribution >= 0.6 is 23.1 Å². The number of carbonyl (C=O) groups excluding carboxylic acids is 3. The number of ether oxygens (including phenoxy) is 2. The predicted molar refractivity (Wildman–Crippen MR) is 126 cm³/mol. The van der Waals surface area contributed by atoms with Crippen molar-refractivity contribution in [3.8, 4) is 17.1 Å². The number of nitrogens with two attached hydrogens (primary N) is 1. The molecule has 0 saturated heterocycles. The summed E-state index contributed by atoms with van der Waals surface area (Å²) in [5.74, 6) is -0.282. The highest BCUT2D eigenvalue weighted by atomic mass is 32.2. The molecule has 1 aromatic carbocycles. The van der Waals surface area contributed by atoms with Crippen LogP contribution in [0, 0.1) is 6.92 Å². The molecule has 0 radical (unpaired) electrons. The molecule has 2 amide bonds. The fraction of sp³-hybridized carbons (Fsp3) is 0.286. The van der Waals surface area contributed by atoms with Crippen molar-refractivity contribution >= 4 is 45.9 Å². The Labute approximate surface area is 198 Å². The number of esters is 1. The molecule has 3 aromatic rings. The Kier molecular flexibility index (Phi) is 7.71. The monoisotopic (exact) mass is 489 g/mol. The van der Waals surface area contributed by atoms with Gasteiger partial charge in [-0.2, -0.15) is 0 Å². The zero-order valence-electron chi connectivity index (χ0n) is 18.5. The maximum Gasteiger partial charge on any atom is 0.341 e. The third kappa shape index (κ3) is 5.17. The van der Waals surface area contributed by atoms with E-state index >= 15 is 0 Å². The molecule has 3 rings (SSSR count). The van der Waals surface area contributed by atoms with E-state index in [1.165, 1.54) is 18.9 Å². The average molecular weight is 490 g/mol. The molecule has 0 spiro atoms. The molecule has 174 valence electrons. The number of nitrogens with zero attached hydrogens (tertiary/aromatic N) is 3. The summed E-state index contributed by atoms with van der Waals surface area (Å²) in [5.41, 5.74) is 6.74. The lowest BCUT2D eigenvalue weighted by atomic mass is 10.1. The number of methoxy groups -OCH3 is 2. The maximum absolute atomic E-state index is 12.6. The van der Waals surface area contributed by atoms with E-state index in [0.29, 0.717) is 23.1 Å². The van der Waals surface area contributed by atoms with E-state index in [1.807, 2.05) is 35.8 Å². The summed E-state index contributed by atoms with van der Waals surface area (Å²) in [6, 6.07) is 7.46. The summed E-state index contributed by atoms with van der Waals surface area (Å²) in [7, 11) is 2.83. The standard InChI is InChI=1S/C21H23N5O5S2/c1-5-26-18(12-6-8-13(30-3)9-7-12)24-25-21(26)32-10-14(27)23-19-15(20(29)31-4)11(2)16(33-19)17(22)28/h6-9H,5,10H2,1-4H3,(H2,22,28)(H,23,27). The van der Waals surface area contributed by atoms with Crippen molar-refractivity contribution in [2.24, 2.45) is 5.73 Å². The minimum absolute atomic E-state index is 0.0181. The first-order valence-electron chi connectivity index (χ1n) is 9.82. The lowest BCUT2D eigenvalue weighted by Crippen LogP contribution is -2.16. The molecule has 0 aliphatic heterocycles. The van der Waals surface area contributed by atoms with Gasteiger partial charge in [-0.05, 0) is 43.7 Å². The van der Waals surface area contributed by atoms with E-state index in [9.17, 15) is 14.4 Å². The SMILES string of the molecule is CCn1c(SCC(=O)Nc2sc(C(N)=O)c(C)c2C(=O)OC)nnc1-c1ccc(OC)cc1. The van der Waals surface area contributed by atoms with Gasteiger partial charge in [0, 0.05) is 12.1 Å². The molecule has 0 unspecified atom stereocenters. The van der Waals surface area contributed by atoms with Gasteiger partial charge in [0.05, 0.1) is 30.4 Å². The first-order chi connectivity index (χ1) is 15.8. The molecule has 2 heterocycles. The Balaban J connectivity index is 1.75. The Morgan fingerprint density at radius 2 is 1.88 bits per heavy atom. The summed E-state index contributed by atoms with van der Waals surface area (Å²) in [6.07, 6.45) is 0. The molecule has 2 aromatic heterocycles. The molecule has 12 heteroatoms. The summed E-state index contributed by atoms with van der Waals surface area (Å²) in [4.78, 5) is 36.6. The number of hydrogen-bond donors (Lipinski definition) is 2. The number of thiophene rings is 1. The number of primary amides is 1. The van der Waals surface area contributed by atoms with Crippen molar-refractivity contribution in [3.63, 3.8) is 0 Å². The number of nitrogens with one attached hydrogen (secondary N) is 1.